The number of aliphatic imine (C=N–C) groups is 1. The average molecular weight is 418 g/mol. The van der Waals surface area contributed by atoms with Crippen molar-refractivity contribution >= 4 is 52.8 Å². The largest absolute Gasteiger partial charge is 0.444 e. The molecule has 2 nitrogen and oxygen atoms in total. The second kappa shape index (κ2) is 5.87. The number of rotatable bonds is 2. The molecule has 0 amide bonds. The fourth-order valence-electron chi connectivity index (χ4n) is 2.01. The highest BCUT2D eigenvalue weighted by atomic mass is 35.5. The van der Waals surface area contributed by atoms with Gasteiger partial charge in [0, 0.05) is 16.8 Å². The van der Waals surface area contributed by atoms with E-state index in [9.17, 15) is 26.3 Å². The number of hydrogen-bond donors (Lipinski definition) is 1. The summed E-state index contributed by atoms with van der Waals surface area (Å²) in [7, 11) is 0. The van der Waals surface area contributed by atoms with E-state index in [2.05, 4.69) is 4.99 Å². The second-order valence-electron chi connectivity index (χ2n) is 4.37. The van der Waals surface area contributed by atoms with Crippen molar-refractivity contribution in [3.05, 3.63) is 34.3 Å². The Morgan fingerprint density at radius 2 is 1.70 bits per heavy atom. The Hall–Kier alpha value is -0.350. The number of nitrogens with one attached hydrogen (secondary N) is 1. The Morgan fingerprint density at radius 1 is 1.09 bits per heavy atom. The molecule has 2 rings (SSSR count). The summed E-state index contributed by atoms with van der Waals surface area (Å²) in [5.41, 5.74) is -7.15. The smallest absolute Gasteiger partial charge is 0.243 e. The highest BCUT2D eigenvalue weighted by Gasteiger charge is 2.54. The molecule has 0 saturated heterocycles. The molecule has 12 heteroatoms. The normalized spacial score (nSPS) is 24.2. The van der Waals surface area contributed by atoms with E-state index in [0.717, 1.165) is 12.1 Å². The number of hydrogen-bond acceptors (Lipinski definition) is 3. The minimum atomic E-state index is -4.95. The summed E-state index contributed by atoms with van der Waals surface area (Å²) >= 11 is 16.2. The highest BCUT2D eigenvalue weighted by molar-refractivity contribution is 8.01. The van der Waals surface area contributed by atoms with Crippen LogP contribution in [0.25, 0.3) is 0 Å². The van der Waals surface area contributed by atoms with Gasteiger partial charge >= 0.3 is 11.7 Å². The van der Waals surface area contributed by atoms with Crippen LogP contribution in [-0.2, 0) is 11.0 Å². The van der Waals surface area contributed by atoms with Crippen LogP contribution in [0.1, 0.15) is 11.1 Å². The zero-order valence-corrected chi connectivity index (χ0v) is 13.7. The first-order valence-corrected chi connectivity index (χ1v) is 7.57. The number of nitrogens with zero attached hydrogens (tertiary/aromatic N) is 1. The van der Waals surface area contributed by atoms with Crippen molar-refractivity contribution in [3.8, 4) is 0 Å². The van der Waals surface area contributed by atoms with E-state index in [1.807, 2.05) is 5.32 Å². The molecule has 1 heterocycles. The Morgan fingerprint density at radius 3 is 2.13 bits per heavy atom. The van der Waals surface area contributed by atoms with Gasteiger partial charge in [-0.3, -0.25) is 0 Å². The fraction of sp³-hybridized carbons (Fsp3) is 0.364. The zero-order valence-electron chi connectivity index (χ0n) is 10.6. The van der Waals surface area contributed by atoms with Crippen LogP contribution in [0, 0.1) is 0 Å². The van der Waals surface area contributed by atoms with Crippen molar-refractivity contribution in [1.29, 1.82) is 0 Å². The van der Waals surface area contributed by atoms with Gasteiger partial charge in [0.1, 0.15) is 4.87 Å². The summed E-state index contributed by atoms with van der Waals surface area (Å²) in [6.07, 6.45) is -4.37. The minimum absolute atomic E-state index is 0.540. The van der Waals surface area contributed by atoms with Crippen LogP contribution in [0.15, 0.2) is 23.2 Å². The van der Waals surface area contributed by atoms with Gasteiger partial charge in [0.2, 0.25) is 0 Å². The van der Waals surface area contributed by atoms with E-state index in [0.29, 0.717) is 12.3 Å². The summed E-state index contributed by atoms with van der Waals surface area (Å²) in [6.45, 7) is 0. The maximum absolute atomic E-state index is 13.2. The lowest BCUT2D eigenvalue weighted by Crippen LogP contribution is -2.46. The van der Waals surface area contributed by atoms with Crippen LogP contribution >= 0.6 is 46.6 Å². The van der Waals surface area contributed by atoms with Gasteiger partial charge in [0.15, 0.2) is 0 Å². The molecule has 1 atom stereocenters. The molecule has 1 aliphatic rings. The molecule has 23 heavy (non-hydrogen) atoms. The molecule has 0 aromatic heterocycles. The maximum Gasteiger partial charge on any atom is 0.444 e. The minimum Gasteiger partial charge on any atom is -0.243 e. The van der Waals surface area contributed by atoms with Crippen LogP contribution in [-0.4, -0.2) is 16.3 Å². The van der Waals surface area contributed by atoms with E-state index in [4.69, 9.17) is 34.8 Å². The predicted octanol–water partition coefficient (Wildman–Crippen LogP) is 5.53. The number of halogens is 9. The van der Waals surface area contributed by atoms with Gasteiger partial charge in [-0.05, 0) is 23.9 Å². The van der Waals surface area contributed by atoms with Gasteiger partial charge < -0.3 is 0 Å². The molecule has 0 bridgehead atoms. The van der Waals surface area contributed by atoms with Crippen molar-refractivity contribution in [3.63, 3.8) is 0 Å². The highest BCUT2D eigenvalue weighted by Crippen LogP contribution is 2.53. The number of alkyl halides is 8. The van der Waals surface area contributed by atoms with E-state index in [1.54, 1.807) is 0 Å². The lowest BCUT2D eigenvalue weighted by Gasteiger charge is -2.32. The molecule has 128 valence electrons. The molecular formula is C11H5Cl3F6N2S. The summed E-state index contributed by atoms with van der Waals surface area (Å²) in [5.74, 6) is 0. The summed E-state index contributed by atoms with van der Waals surface area (Å²) in [5, 5.41) is 1.50. The van der Waals surface area contributed by atoms with Crippen LogP contribution in [0.5, 0.6) is 0 Å². The Balaban J connectivity index is 2.70. The van der Waals surface area contributed by atoms with E-state index < -0.39 is 49.0 Å². The van der Waals surface area contributed by atoms with Gasteiger partial charge in [-0.2, -0.15) is 26.3 Å². The summed E-state index contributed by atoms with van der Waals surface area (Å²) in [4.78, 5) is 0.872. The molecule has 1 aromatic carbocycles. The monoisotopic (exact) mass is 416 g/mol. The molecule has 0 aliphatic carbocycles. The van der Waals surface area contributed by atoms with Crippen molar-refractivity contribution in [2.45, 2.75) is 21.1 Å². The van der Waals surface area contributed by atoms with Gasteiger partial charge in [0.05, 0.1) is 5.56 Å². The van der Waals surface area contributed by atoms with Crippen LogP contribution < -0.4 is 5.32 Å². The molecule has 0 fully saturated rings. The van der Waals surface area contributed by atoms with E-state index in [-0.39, 0.29) is 0 Å². The van der Waals surface area contributed by atoms with E-state index in [1.165, 1.54) is 0 Å². The first-order chi connectivity index (χ1) is 10.3. The molecule has 1 unspecified atom stereocenters. The standard InChI is InChI=1S/C11H5Cl3F6N2S/c12-6-3-1-2-5(9(15,16)17)7(6)8(23-11(18,19)20)4-21-10(13,14)22-8/h1-4,22H. The molecule has 0 saturated carbocycles. The average Bonchev–Trinajstić information content (AvgIpc) is 2.61. The Bertz CT molecular complexity index is 646. The first-order valence-electron chi connectivity index (χ1n) is 5.62. The van der Waals surface area contributed by atoms with Crippen molar-refractivity contribution in [1.82, 2.24) is 5.32 Å². The first kappa shape index (κ1) is 19.0. The summed E-state index contributed by atoms with van der Waals surface area (Å²) in [6, 6.07) is 2.61. The third-order valence-corrected chi connectivity index (χ3v) is 4.38. The van der Waals surface area contributed by atoms with Crippen molar-refractivity contribution in [2.24, 2.45) is 4.99 Å². The number of thioether (sulfide) groups is 1. The van der Waals surface area contributed by atoms with Gasteiger partial charge in [-0.25, -0.2) is 10.3 Å². The van der Waals surface area contributed by atoms with Crippen LogP contribution in [0.4, 0.5) is 26.3 Å². The van der Waals surface area contributed by atoms with Gasteiger partial charge in [0.25, 0.3) is 4.58 Å². The van der Waals surface area contributed by atoms with Crippen LogP contribution in [0.3, 0.4) is 0 Å². The molecular weight excluding hydrogens is 413 g/mol. The van der Waals surface area contributed by atoms with Crippen molar-refractivity contribution < 1.29 is 26.3 Å². The van der Waals surface area contributed by atoms with Gasteiger partial charge in [-0.1, -0.05) is 40.9 Å². The maximum atomic E-state index is 13.2. The third kappa shape index (κ3) is 4.19. The molecule has 1 aliphatic heterocycles. The lowest BCUT2D eigenvalue weighted by molar-refractivity contribution is -0.138. The zero-order chi connectivity index (χ0) is 17.7. The fourth-order valence-corrected chi connectivity index (χ4v) is 3.89. The topological polar surface area (TPSA) is 24.4 Å². The Labute approximate surface area is 145 Å². The Kier molecular flexibility index (Phi) is 4.85. The summed E-state index contributed by atoms with van der Waals surface area (Å²) < 4.78 is 76.0. The number of benzene rings is 1. The quantitative estimate of drug-likeness (QED) is 0.389. The SMILES string of the molecule is FC(F)(F)SC1(c2c(Cl)cccc2C(F)(F)F)C=NC(Cl)(Cl)N1. The van der Waals surface area contributed by atoms with Crippen LogP contribution in [0.2, 0.25) is 5.02 Å². The molecule has 1 aromatic rings. The van der Waals surface area contributed by atoms with Crippen molar-refractivity contribution in [2.75, 3.05) is 0 Å². The van der Waals surface area contributed by atoms with E-state index >= 15 is 0 Å². The molecule has 0 radical (unpaired) electrons. The molecule has 0 spiro atoms. The molecule has 1 N–H and O–H groups in total. The van der Waals surface area contributed by atoms with Gasteiger partial charge in [-0.15, -0.1) is 0 Å². The second-order valence-corrected chi connectivity index (χ2v) is 7.37. The third-order valence-electron chi connectivity index (χ3n) is 2.71. The predicted molar refractivity (Wildman–Crippen MR) is 77.8 cm³/mol. The lowest BCUT2D eigenvalue weighted by atomic mass is 10.00.